The molecule has 3 aromatic carbocycles. The van der Waals surface area contributed by atoms with E-state index in [-0.39, 0.29) is 11.4 Å². The summed E-state index contributed by atoms with van der Waals surface area (Å²) in [5.41, 5.74) is 1.08. The minimum Gasteiger partial charge on any atom is -0.494 e. The fourth-order valence-electron chi connectivity index (χ4n) is 4.39. The van der Waals surface area contributed by atoms with Crippen LogP contribution >= 0.6 is 0 Å². The number of nitrogens with zero attached hydrogens (tertiary/aromatic N) is 3. The number of para-hydroxylation sites is 1. The monoisotopic (exact) mass is 555 g/mol. The van der Waals surface area contributed by atoms with Crippen molar-refractivity contribution < 1.29 is 32.2 Å². The number of rotatable bonds is 13. The van der Waals surface area contributed by atoms with Gasteiger partial charge in [-0.2, -0.15) is 13.2 Å². The second-order valence-corrected chi connectivity index (χ2v) is 9.19. The largest absolute Gasteiger partial charge is 0.494 e. The standard InChI is InChI=1S/C30H32F3N3O4/c1-38-19-16-35(17-20-39-2)15-6-18-40-25-13-11-24(12-14-25)36-27-10-4-3-9-26(27)28(29(36)37)34-23-8-5-7-22(21-23)30(31,32)33/h3-5,7-14,21H,6,15-20H2,1-2H3. The molecule has 1 aliphatic heterocycles. The summed E-state index contributed by atoms with van der Waals surface area (Å²) in [4.78, 5) is 21.6. The van der Waals surface area contributed by atoms with Crippen molar-refractivity contribution in [3.8, 4) is 5.75 Å². The Morgan fingerprint density at radius 3 is 2.23 bits per heavy atom. The first-order valence-electron chi connectivity index (χ1n) is 12.9. The van der Waals surface area contributed by atoms with Gasteiger partial charge in [0.15, 0.2) is 0 Å². The van der Waals surface area contributed by atoms with Crippen LogP contribution < -0.4 is 9.64 Å². The Bertz CT molecular complexity index is 1300. The molecule has 0 radical (unpaired) electrons. The van der Waals surface area contributed by atoms with E-state index in [1.165, 1.54) is 17.0 Å². The number of fused-ring (bicyclic) bond motifs is 1. The number of carbonyl (C=O) groups is 1. The number of benzene rings is 3. The summed E-state index contributed by atoms with van der Waals surface area (Å²) in [7, 11) is 3.36. The summed E-state index contributed by atoms with van der Waals surface area (Å²) in [5, 5.41) is 0. The molecule has 10 heteroatoms. The van der Waals surface area contributed by atoms with Gasteiger partial charge in [0.05, 0.1) is 36.8 Å². The van der Waals surface area contributed by atoms with Crippen molar-refractivity contribution in [2.24, 2.45) is 4.99 Å². The van der Waals surface area contributed by atoms with E-state index in [9.17, 15) is 18.0 Å². The first-order valence-corrected chi connectivity index (χ1v) is 12.9. The molecule has 0 saturated heterocycles. The van der Waals surface area contributed by atoms with Crippen molar-refractivity contribution in [1.82, 2.24) is 4.90 Å². The van der Waals surface area contributed by atoms with E-state index in [4.69, 9.17) is 14.2 Å². The quantitative estimate of drug-likeness (QED) is 0.247. The van der Waals surface area contributed by atoms with Gasteiger partial charge >= 0.3 is 6.18 Å². The normalized spacial score (nSPS) is 14.3. The van der Waals surface area contributed by atoms with E-state index in [0.29, 0.717) is 42.5 Å². The SMILES string of the molecule is COCCN(CCCOc1ccc(N2C(=O)C(=Nc3cccc(C(F)(F)F)c3)c3ccccc32)cc1)CCOC. The average molecular weight is 556 g/mol. The lowest BCUT2D eigenvalue weighted by molar-refractivity contribution is -0.137. The van der Waals surface area contributed by atoms with E-state index in [1.807, 2.05) is 0 Å². The molecule has 3 aromatic rings. The molecule has 0 N–H and O–H groups in total. The molecule has 212 valence electrons. The number of hydrogen-bond acceptors (Lipinski definition) is 6. The van der Waals surface area contributed by atoms with Gasteiger partial charge in [0.1, 0.15) is 11.5 Å². The number of ether oxygens (including phenoxy) is 3. The zero-order chi connectivity index (χ0) is 28.5. The minimum absolute atomic E-state index is 0.0570. The Morgan fingerprint density at radius 2 is 1.55 bits per heavy atom. The summed E-state index contributed by atoms with van der Waals surface area (Å²) >= 11 is 0. The highest BCUT2D eigenvalue weighted by atomic mass is 19.4. The molecule has 1 heterocycles. The molecule has 1 aliphatic rings. The van der Waals surface area contributed by atoms with Crippen LogP contribution in [-0.2, 0) is 20.4 Å². The van der Waals surface area contributed by atoms with Gasteiger partial charge in [-0.3, -0.25) is 14.6 Å². The number of methoxy groups -OCH3 is 2. The van der Waals surface area contributed by atoms with Gasteiger partial charge in [-0.15, -0.1) is 0 Å². The number of halogens is 3. The summed E-state index contributed by atoms with van der Waals surface area (Å²) < 4.78 is 55.8. The van der Waals surface area contributed by atoms with Crippen LogP contribution in [-0.4, -0.2) is 70.2 Å². The van der Waals surface area contributed by atoms with Gasteiger partial charge < -0.3 is 14.2 Å². The molecular weight excluding hydrogens is 523 g/mol. The third-order valence-electron chi connectivity index (χ3n) is 6.43. The molecule has 1 amide bonds. The van der Waals surface area contributed by atoms with E-state index < -0.39 is 17.6 Å². The van der Waals surface area contributed by atoms with Crippen LogP contribution in [0.4, 0.5) is 30.2 Å². The van der Waals surface area contributed by atoms with Crippen LogP contribution in [0.15, 0.2) is 77.8 Å². The van der Waals surface area contributed by atoms with E-state index in [2.05, 4.69) is 9.89 Å². The van der Waals surface area contributed by atoms with Crippen LogP contribution in [0.2, 0.25) is 0 Å². The zero-order valence-electron chi connectivity index (χ0n) is 22.5. The molecule has 0 aromatic heterocycles. The van der Waals surface area contributed by atoms with E-state index in [0.717, 1.165) is 38.2 Å². The lowest BCUT2D eigenvalue weighted by Gasteiger charge is -2.21. The number of anilines is 2. The third kappa shape index (κ3) is 7.26. The number of hydrogen-bond donors (Lipinski definition) is 0. The van der Waals surface area contributed by atoms with Gasteiger partial charge in [0.2, 0.25) is 0 Å². The maximum absolute atomic E-state index is 13.5. The highest BCUT2D eigenvalue weighted by Crippen LogP contribution is 2.38. The molecule has 0 atom stereocenters. The highest BCUT2D eigenvalue weighted by Gasteiger charge is 2.35. The van der Waals surface area contributed by atoms with Crippen LogP contribution in [0.3, 0.4) is 0 Å². The minimum atomic E-state index is -4.50. The Hall–Kier alpha value is -3.73. The zero-order valence-corrected chi connectivity index (χ0v) is 22.5. The predicted molar refractivity (Wildman–Crippen MR) is 148 cm³/mol. The second kappa shape index (κ2) is 13.6. The van der Waals surface area contributed by atoms with Gasteiger partial charge in [-0.1, -0.05) is 24.3 Å². The predicted octanol–water partition coefficient (Wildman–Crippen LogP) is 5.87. The van der Waals surface area contributed by atoms with Crippen LogP contribution in [0.25, 0.3) is 0 Å². The van der Waals surface area contributed by atoms with Crippen molar-refractivity contribution in [2.75, 3.05) is 58.6 Å². The lowest BCUT2D eigenvalue weighted by Crippen LogP contribution is -2.32. The number of carbonyl (C=O) groups excluding carboxylic acids is 1. The molecule has 0 aliphatic carbocycles. The van der Waals surface area contributed by atoms with Gasteiger partial charge in [-0.25, -0.2) is 4.99 Å². The second-order valence-electron chi connectivity index (χ2n) is 9.19. The number of alkyl halides is 3. The van der Waals surface area contributed by atoms with Crippen molar-refractivity contribution in [2.45, 2.75) is 12.6 Å². The first-order chi connectivity index (χ1) is 19.3. The van der Waals surface area contributed by atoms with E-state index >= 15 is 0 Å². The third-order valence-corrected chi connectivity index (χ3v) is 6.43. The molecule has 0 spiro atoms. The smallest absolute Gasteiger partial charge is 0.416 e. The molecule has 40 heavy (non-hydrogen) atoms. The summed E-state index contributed by atoms with van der Waals surface area (Å²) in [5.74, 6) is 0.251. The van der Waals surface area contributed by atoms with Gasteiger partial charge in [0.25, 0.3) is 5.91 Å². The Balaban J connectivity index is 1.45. The average Bonchev–Trinajstić information content (AvgIpc) is 3.23. The van der Waals surface area contributed by atoms with Gasteiger partial charge in [-0.05, 0) is 55.0 Å². The molecule has 0 bridgehead atoms. The van der Waals surface area contributed by atoms with Crippen LogP contribution in [0, 0.1) is 0 Å². The lowest BCUT2D eigenvalue weighted by atomic mass is 10.1. The molecule has 4 rings (SSSR count). The Kier molecular flexibility index (Phi) is 9.92. The fraction of sp³-hybridized carbons (Fsp3) is 0.333. The Morgan fingerprint density at radius 1 is 0.850 bits per heavy atom. The molecule has 0 unspecified atom stereocenters. The Labute approximate surface area is 231 Å². The molecule has 0 saturated carbocycles. The van der Waals surface area contributed by atoms with E-state index in [1.54, 1.807) is 62.8 Å². The van der Waals surface area contributed by atoms with Crippen molar-refractivity contribution in [3.05, 3.63) is 83.9 Å². The van der Waals surface area contributed by atoms with Crippen LogP contribution in [0.5, 0.6) is 5.75 Å². The van der Waals surface area contributed by atoms with Gasteiger partial charge in [0, 0.05) is 45.1 Å². The summed E-state index contributed by atoms with van der Waals surface area (Å²) in [6.45, 7) is 4.30. The summed E-state index contributed by atoms with van der Waals surface area (Å²) in [6, 6.07) is 18.9. The fourth-order valence-corrected chi connectivity index (χ4v) is 4.39. The maximum Gasteiger partial charge on any atom is 0.416 e. The number of amides is 1. The van der Waals surface area contributed by atoms with Crippen molar-refractivity contribution >= 4 is 28.7 Å². The number of aliphatic imine (C=N–C) groups is 1. The van der Waals surface area contributed by atoms with Crippen molar-refractivity contribution in [1.29, 1.82) is 0 Å². The highest BCUT2D eigenvalue weighted by molar-refractivity contribution is 6.56. The van der Waals surface area contributed by atoms with Crippen LogP contribution in [0.1, 0.15) is 17.5 Å². The molecular formula is C30H32F3N3O4. The summed E-state index contributed by atoms with van der Waals surface area (Å²) in [6.07, 6.45) is -3.68. The maximum atomic E-state index is 13.5. The molecule has 0 fully saturated rings. The topological polar surface area (TPSA) is 63.6 Å². The molecule has 7 nitrogen and oxygen atoms in total. The van der Waals surface area contributed by atoms with Crippen molar-refractivity contribution in [3.63, 3.8) is 0 Å². The first kappa shape index (κ1) is 29.3.